The third kappa shape index (κ3) is 2.72. The summed E-state index contributed by atoms with van der Waals surface area (Å²) in [4.78, 5) is 5.39. The lowest BCUT2D eigenvalue weighted by molar-refractivity contribution is 0.628. The van der Waals surface area contributed by atoms with E-state index in [4.69, 9.17) is 0 Å². The van der Waals surface area contributed by atoms with E-state index in [1.807, 2.05) is 19.9 Å². The van der Waals surface area contributed by atoms with Crippen LogP contribution < -0.4 is 0 Å². The molecule has 1 aromatic heterocycles. The molecule has 0 saturated heterocycles. The van der Waals surface area contributed by atoms with Gasteiger partial charge in [-0.25, -0.2) is 13.8 Å². The van der Waals surface area contributed by atoms with Crippen LogP contribution in [0.25, 0.3) is 21.0 Å². The van der Waals surface area contributed by atoms with Gasteiger partial charge in [-0.1, -0.05) is 18.2 Å². The first kappa shape index (κ1) is 13.9. The first-order chi connectivity index (χ1) is 10.0. The summed E-state index contributed by atoms with van der Waals surface area (Å²) in [5.74, 6) is -0.542. The highest BCUT2D eigenvalue weighted by Gasteiger charge is 2.14. The van der Waals surface area contributed by atoms with E-state index in [2.05, 4.69) is 4.98 Å². The van der Waals surface area contributed by atoms with E-state index in [9.17, 15) is 8.78 Å². The van der Waals surface area contributed by atoms with E-state index in [0.29, 0.717) is 10.6 Å². The van der Waals surface area contributed by atoms with Gasteiger partial charge in [-0.2, -0.15) is 0 Å². The number of halogens is 2. The van der Waals surface area contributed by atoms with Crippen molar-refractivity contribution in [2.75, 3.05) is 0 Å². The van der Waals surface area contributed by atoms with E-state index < -0.39 is 0 Å². The third-order valence-corrected chi connectivity index (χ3v) is 4.50. The van der Waals surface area contributed by atoms with Gasteiger partial charge in [-0.3, -0.25) is 0 Å². The summed E-state index contributed by atoms with van der Waals surface area (Å²) in [6.07, 6.45) is 0. The SMILES string of the molecule is Cc1ccc(-c2nc(C)c(-c3ccc(F)cc3)s2)c(F)c1. The number of thiazole rings is 1. The Morgan fingerprint density at radius 2 is 1.67 bits per heavy atom. The molecule has 0 bridgehead atoms. The molecular weight excluding hydrogens is 288 g/mol. The van der Waals surface area contributed by atoms with Gasteiger partial charge in [0.05, 0.1) is 10.6 Å². The van der Waals surface area contributed by atoms with Gasteiger partial charge in [0.2, 0.25) is 0 Å². The smallest absolute Gasteiger partial charge is 0.133 e. The third-order valence-electron chi connectivity index (χ3n) is 3.26. The maximum atomic E-state index is 14.0. The molecule has 21 heavy (non-hydrogen) atoms. The van der Waals surface area contributed by atoms with Gasteiger partial charge in [0.1, 0.15) is 16.6 Å². The summed E-state index contributed by atoms with van der Waals surface area (Å²) in [7, 11) is 0. The van der Waals surface area contributed by atoms with E-state index in [0.717, 1.165) is 21.7 Å². The van der Waals surface area contributed by atoms with Crippen LogP contribution in [0.5, 0.6) is 0 Å². The molecular formula is C17H13F2NS. The quantitative estimate of drug-likeness (QED) is 0.620. The highest BCUT2D eigenvalue weighted by Crippen LogP contribution is 2.36. The molecule has 0 saturated carbocycles. The molecule has 2 aromatic carbocycles. The lowest BCUT2D eigenvalue weighted by Gasteiger charge is -2.00. The average molecular weight is 301 g/mol. The van der Waals surface area contributed by atoms with E-state index in [-0.39, 0.29) is 11.6 Å². The van der Waals surface area contributed by atoms with Crippen LogP contribution in [-0.2, 0) is 0 Å². The van der Waals surface area contributed by atoms with Crippen LogP contribution >= 0.6 is 11.3 Å². The molecule has 0 radical (unpaired) electrons. The Balaban J connectivity index is 2.07. The van der Waals surface area contributed by atoms with Crippen LogP contribution in [0, 0.1) is 25.5 Å². The summed E-state index contributed by atoms with van der Waals surface area (Å²) < 4.78 is 27.1. The Morgan fingerprint density at radius 3 is 2.33 bits per heavy atom. The van der Waals surface area contributed by atoms with Crippen molar-refractivity contribution in [2.45, 2.75) is 13.8 Å². The largest absolute Gasteiger partial charge is 0.241 e. The Morgan fingerprint density at radius 1 is 0.952 bits per heavy atom. The Hall–Kier alpha value is -2.07. The van der Waals surface area contributed by atoms with Crippen molar-refractivity contribution in [1.82, 2.24) is 4.98 Å². The molecule has 4 heteroatoms. The molecule has 0 amide bonds. The van der Waals surface area contributed by atoms with Gasteiger partial charge in [0, 0.05) is 5.56 Å². The van der Waals surface area contributed by atoms with Gasteiger partial charge in [0.15, 0.2) is 0 Å². The number of benzene rings is 2. The lowest BCUT2D eigenvalue weighted by atomic mass is 10.1. The summed E-state index contributed by atoms with van der Waals surface area (Å²) in [6, 6.07) is 11.4. The number of aromatic nitrogens is 1. The molecule has 0 N–H and O–H groups in total. The second-order valence-electron chi connectivity index (χ2n) is 4.92. The van der Waals surface area contributed by atoms with Gasteiger partial charge in [0.25, 0.3) is 0 Å². The molecule has 0 aliphatic heterocycles. The van der Waals surface area contributed by atoms with Crippen molar-refractivity contribution in [3.8, 4) is 21.0 Å². The van der Waals surface area contributed by atoms with E-state index >= 15 is 0 Å². The molecule has 1 heterocycles. The fourth-order valence-corrected chi connectivity index (χ4v) is 3.27. The minimum absolute atomic E-state index is 0.269. The van der Waals surface area contributed by atoms with Crippen molar-refractivity contribution < 1.29 is 8.78 Å². The van der Waals surface area contributed by atoms with Gasteiger partial charge in [-0.15, -0.1) is 11.3 Å². The fourth-order valence-electron chi connectivity index (χ4n) is 2.17. The molecule has 1 nitrogen and oxygen atoms in total. The monoisotopic (exact) mass is 301 g/mol. The summed E-state index contributed by atoms with van der Waals surface area (Å²) in [6.45, 7) is 3.73. The first-order valence-corrected chi connectivity index (χ1v) is 7.36. The highest BCUT2D eigenvalue weighted by molar-refractivity contribution is 7.18. The molecule has 3 aromatic rings. The minimum atomic E-state index is -0.272. The summed E-state index contributed by atoms with van der Waals surface area (Å²) >= 11 is 1.42. The maximum absolute atomic E-state index is 14.0. The van der Waals surface area contributed by atoms with E-state index in [1.165, 1.54) is 29.5 Å². The predicted octanol–water partition coefficient (Wildman–Crippen LogP) is 5.37. The number of aryl methyl sites for hydroxylation is 2. The molecule has 0 unspecified atom stereocenters. The number of nitrogens with zero attached hydrogens (tertiary/aromatic N) is 1. The number of hydrogen-bond donors (Lipinski definition) is 0. The Bertz CT molecular complexity index is 791. The molecule has 0 fully saturated rings. The number of rotatable bonds is 2. The van der Waals surface area contributed by atoms with Crippen LogP contribution in [0.2, 0.25) is 0 Å². The van der Waals surface area contributed by atoms with Crippen LogP contribution in [0.15, 0.2) is 42.5 Å². The van der Waals surface area contributed by atoms with Gasteiger partial charge >= 0.3 is 0 Å². The van der Waals surface area contributed by atoms with Gasteiger partial charge < -0.3 is 0 Å². The molecule has 3 rings (SSSR count). The fraction of sp³-hybridized carbons (Fsp3) is 0.118. The standard InChI is InChI=1S/C17H13F2NS/c1-10-3-8-14(15(19)9-10)17-20-11(2)16(21-17)12-4-6-13(18)7-5-12/h3-9H,1-2H3. The Labute approximate surface area is 125 Å². The van der Waals surface area contributed by atoms with Crippen LogP contribution in [0.4, 0.5) is 8.78 Å². The van der Waals surface area contributed by atoms with Gasteiger partial charge in [-0.05, 0) is 49.2 Å². The van der Waals surface area contributed by atoms with Crippen LogP contribution in [0.3, 0.4) is 0 Å². The van der Waals surface area contributed by atoms with Crippen molar-refractivity contribution in [3.05, 3.63) is 65.4 Å². The van der Waals surface area contributed by atoms with Crippen molar-refractivity contribution in [3.63, 3.8) is 0 Å². The van der Waals surface area contributed by atoms with Crippen molar-refractivity contribution in [1.29, 1.82) is 0 Å². The minimum Gasteiger partial charge on any atom is -0.241 e. The predicted molar refractivity (Wildman–Crippen MR) is 82.4 cm³/mol. The molecule has 106 valence electrons. The van der Waals surface area contributed by atoms with Crippen LogP contribution in [-0.4, -0.2) is 4.98 Å². The zero-order chi connectivity index (χ0) is 15.0. The summed E-state index contributed by atoms with van der Waals surface area (Å²) in [5.41, 5.74) is 3.09. The van der Waals surface area contributed by atoms with Crippen molar-refractivity contribution >= 4 is 11.3 Å². The zero-order valence-electron chi connectivity index (χ0n) is 11.7. The lowest BCUT2D eigenvalue weighted by Crippen LogP contribution is -1.85. The topological polar surface area (TPSA) is 12.9 Å². The molecule has 0 spiro atoms. The maximum Gasteiger partial charge on any atom is 0.133 e. The summed E-state index contributed by atoms with van der Waals surface area (Å²) in [5, 5.41) is 0.643. The van der Waals surface area contributed by atoms with Crippen LogP contribution in [0.1, 0.15) is 11.3 Å². The molecule has 0 aliphatic carbocycles. The normalized spacial score (nSPS) is 10.9. The zero-order valence-corrected chi connectivity index (χ0v) is 12.5. The number of hydrogen-bond acceptors (Lipinski definition) is 2. The Kier molecular flexibility index (Phi) is 3.55. The van der Waals surface area contributed by atoms with E-state index in [1.54, 1.807) is 18.2 Å². The highest BCUT2D eigenvalue weighted by atomic mass is 32.1. The first-order valence-electron chi connectivity index (χ1n) is 6.54. The average Bonchev–Trinajstić information content (AvgIpc) is 2.81. The van der Waals surface area contributed by atoms with Crippen molar-refractivity contribution in [2.24, 2.45) is 0 Å². The second kappa shape index (κ2) is 5.37. The molecule has 0 aliphatic rings. The molecule has 0 atom stereocenters. The second-order valence-corrected chi connectivity index (χ2v) is 5.92.